The van der Waals surface area contributed by atoms with Crippen molar-refractivity contribution in [3.05, 3.63) is 41.5 Å². The summed E-state index contributed by atoms with van der Waals surface area (Å²) < 4.78 is 68.3. The molecular weight excluding hydrogens is 751 g/mol. The Bertz CT molecular complexity index is 2250. The number of terminal acetylenes is 1. The van der Waals surface area contributed by atoms with E-state index in [-0.39, 0.29) is 76.4 Å². The first kappa shape index (κ1) is 39.8. The molecule has 308 valence electrons. The molecule has 2 atom stereocenters. The molecule has 3 fully saturated rings. The monoisotopic (exact) mass is 800 g/mol. The van der Waals surface area contributed by atoms with E-state index in [0.717, 1.165) is 45.5 Å². The minimum absolute atomic E-state index is 0.00985. The first-order valence-electron chi connectivity index (χ1n) is 20.0. The predicted octanol–water partition coefficient (Wildman–Crippen LogP) is 6.57. The van der Waals surface area contributed by atoms with Crippen LogP contribution in [0.1, 0.15) is 58.9 Å². The van der Waals surface area contributed by atoms with Gasteiger partial charge in [-0.2, -0.15) is 9.97 Å². The Morgan fingerprint density at radius 2 is 1.90 bits per heavy atom. The summed E-state index contributed by atoms with van der Waals surface area (Å²) in [5.41, 5.74) is -0.893. The van der Waals surface area contributed by atoms with E-state index in [9.17, 15) is 4.79 Å². The number of piperazine rings is 1. The highest BCUT2D eigenvalue weighted by Crippen LogP contribution is 2.48. The third-order valence-electron chi connectivity index (χ3n) is 11.3. The van der Waals surface area contributed by atoms with Crippen molar-refractivity contribution < 1.29 is 42.0 Å². The Labute approximate surface area is 336 Å². The van der Waals surface area contributed by atoms with Gasteiger partial charge in [0.1, 0.15) is 46.2 Å². The van der Waals surface area contributed by atoms with Crippen LogP contribution in [-0.2, 0) is 14.2 Å². The molecule has 5 heterocycles. The van der Waals surface area contributed by atoms with Crippen LogP contribution in [0.4, 0.5) is 19.4 Å². The van der Waals surface area contributed by atoms with Crippen molar-refractivity contribution in [1.29, 1.82) is 0 Å². The highest BCUT2D eigenvalue weighted by atomic mass is 19.1. The Morgan fingerprint density at radius 1 is 1.07 bits per heavy atom. The molecule has 0 bridgehead atoms. The SMILES string of the molecule is C#Cc1c(F)ccc2cc(OCOC)cc(-c3nc4c5c(nc(OCC6(CN7CCCOCC7)CC6)nc5c3F)N3C[C@@H](CC)N(C(=O)OC(C)(C)C)C[C@H]3CO4)c12. The quantitative estimate of drug-likeness (QED) is 0.128. The largest absolute Gasteiger partial charge is 0.475 e. The van der Waals surface area contributed by atoms with Crippen molar-refractivity contribution in [2.24, 2.45) is 5.41 Å². The highest BCUT2D eigenvalue weighted by Gasteiger charge is 2.46. The van der Waals surface area contributed by atoms with Gasteiger partial charge in [-0.25, -0.2) is 18.6 Å². The first-order valence-corrected chi connectivity index (χ1v) is 20.0. The lowest BCUT2D eigenvalue weighted by Gasteiger charge is -2.45. The smallest absolute Gasteiger partial charge is 0.410 e. The second kappa shape index (κ2) is 16.0. The maximum Gasteiger partial charge on any atom is 0.410 e. The Hall–Kier alpha value is -5.04. The normalized spacial score (nSPS) is 20.4. The number of fused-ring (bicyclic) bond motifs is 3. The van der Waals surface area contributed by atoms with Crippen LogP contribution in [0.2, 0.25) is 0 Å². The first-order chi connectivity index (χ1) is 27.9. The molecule has 2 saturated heterocycles. The third kappa shape index (κ3) is 7.89. The number of benzene rings is 2. The van der Waals surface area contributed by atoms with Crippen LogP contribution in [0.5, 0.6) is 17.6 Å². The van der Waals surface area contributed by atoms with E-state index in [0.29, 0.717) is 43.1 Å². The van der Waals surface area contributed by atoms with E-state index >= 15 is 8.78 Å². The number of carbonyl (C=O) groups is 1. The van der Waals surface area contributed by atoms with Crippen LogP contribution < -0.4 is 19.1 Å². The Balaban J connectivity index is 1.26. The van der Waals surface area contributed by atoms with Crippen molar-refractivity contribution >= 4 is 33.6 Å². The number of rotatable bonds is 10. The number of carbonyl (C=O) groups excluding carboxylic acids is 1. The van der Waals surface area contributed by atoms with Crippen LogP contribution in [0, 0.1) is 29.4 Å². The Kier molecular flexibility index (Phi) is 10.9. The molecule has 2 aromatic carbocycles. The number of halogens is 2. The predicted molar refractivity (Wildman–Crippen MR) is 213 cm³/mol. The summed E-state index contributed by atoms with van der Waals surface area (Å²) >= 11 is 0. The molecule has 1 amide bonds. The van der Waals surface area contributed by atoms with Crippen LogP contribution in [0.25, 0.3) is 32.9 Å². The number of anilines is 1. The van der Waals surface area contributed by atoms with Crippen LogP contribution in [0.15, 0.2) is 24.3 Å². The number of hydrogen-bond donors (Lipinski definition) is 0. The summed E-state index contributed by atoms with van der Waals surface area (Å²) in [7, 11) is 1.48. The maximum atomic E-state index is 17.6. The number of aromatic nitrogens is 3. The van der Waals surface area contributed by atoms with Crippen molar-refractivity contribution in [2.75, 3.05) is 78.0 Å². The molecule has 4 aliphatic rings. The molecule has 13 nitrogen and oxygen atoms in total. The second-order valence-electron chi connectivity index (χ2n) is 16.7. The van der Waals surface area contributed by atoms with Gasteiger partial charge < -0.3 is 43.1 Å². The lowest BCUT2D eigenvalue weighted by molar-refractivity contribution is 0.00832. The average molecular weight is 801 g/mol. The van der Waals surface area contributed by atoms with Crippen molar-refractivity contribution in [3.63, 3.8) is 0 Å². The summed E-state index contributed by atoms with van der Waals surface area (Å²) in [6, 6.07) is 5.41. The highest BCUT2D eigenvalue weighted by molar-refractivity contribution is 6.04. The molecule has 4 aromatic rings. The molecule has 8 rings (SSSR count). The number of amides is 1. The van der Waals surface area contributed by atoms with Gasteiger partial charge in [-0.1, -0.05) is 18.9 Å². The topological polar surface area (TPSA) is 121 Å². The van der Waals surface area contributed by atoms with Gasteiger partial charge in [-0.05, 0) is 70.0 Å². The van der Waals surface area contributed by atoms with E-state index in [1.165, 1.54) is 13.2 Å². The van der Waals surface area contributed by atoms with Gasteiger partial charge in [0, 0.05) is 62.8 Å². The van der Waals surface area contributed by atoms with Crippen LogP contribution in [-0.4, -0.2) is 122 Å². The molecule has 3 aliphatic heterocycles. The molecule has 0 unspecified atom stereocenters. The van der Waals surface area contributed by atoms with Gasteiger partial charge >= 0.3 is 12.1 Å². The standard InChI is InChI=1S/C43H50F2N6O7/c1-7-27-20-50-28(21-51(27)41(52)58-42(3,4)5)22-55-39-34-37(47-40(48-38(34)50)56-24-43(12-13-43)23-49-14-9-16-54-17-15-49)35(45)36(46-39)31-19-29(57-25-53-6)18-26-10-11-32(44)30(8-2)33(26)31/h2,10-11,18-19,27-28H,7,9,12-17,20-25H2,1,3-6H3/t27-,28+/m1/s1. The number of nitrogens with zero attached hydrogens (tertiary/aromatic N) is 6. The van der Waals surface area contributed by atoms with Gasteiger partial charge in [0.2, 0.25) is 5.88 Å². The molecular formula is C43H50F2N6O7. The molecule has 2 aromatic heterocycles. The zero-order valence-electron chi connectivity index (χ0n) is 33.7. The van der Waals surface area contributed by atoms with E-state index in [1.54, 1.807) is 23.1 Å². The fourth-order valence-corrected chi connectivity index (χ4v) is 8.20. The number of hydrogen-bond acceptors (Lipinski definition) is 12. The number of pyridine rings is 1. The van der Waals surface area contributed by atoms with Gasteiger partial charge in [-0.3, -0.25) is 0 Å². The Morgan fingerprint density at radius 3 is 2.64 bits per heavy atom. The fraction of sp³-hybridized carbons (Fsp3) is 0.535. The summed E-state index contributed by atoms with van der Waals surface area (Å²) in [5.74, 6) is 1.81. The molecule has 0 N–H and O–H groups in total. The molecule has 58 heavy (non-hydrogen) atoms. The van der Waals surface area contributed by atoms with E-state index in [2.05, 4.69) is 10.8 Å². The molecule has 15 heteroatoms. The lowest BCUT2D eigenvalue weighted by Crippen LogP contribution is -2.62. The molecule has 1 aliphatic carbocycles. The zero-order valence-corrected chi connectivity index (χ0v) is 33.7. The lowest BCUT2D eigenvalue weighted by atomic mass is 9.95. The van der Waals surface area contributed by atoms with E-state index in [4.69, 9.17) is 49.8 Å². The summed E-state index contributed by atoms with van der Waals surface area (Å²) in [4.78, 5) is 34.2. The average Bonchev–Trinajstić information content (AvgIpc) is 4.03. The number of methoxy groups -OCH3 is 1. The molecule has 0 spiro atoms. The van der Waals surface area contributed by atoms with E-state index in [1.807, 2.05) is 32.6 Å². The zero-order chi connectivity index (χ0) is 40.8. The van der Waals surface area contributed by atoms with E-state index < -0.39 is 29.4 Å². The minimum atomic E-state index is -0.795. The van der Waals surface area contributed by atoms with Gasteiger partial charge in [0.05, 0.1) is 30.9 Å². The summed E-state index contributed by atoms with van der Waals surface area (Å²) in [5, 5.41) is 1.05. The van der Waals surface area contributed by atoms with Crippen LogP contribution in [0.3, 0.4) is 0 Å². The molecule has 0 radical (unpaired) electrons. The van der Waals surface area contributed by atoms with Gasteiger partial charge in [0.25, 0.3) is 0 Å². The summed E-state index contributed by atoms with van der Waals surface area (Å²) in [6.45, 7) is 12.6. The van der Waals surface area contributed by atoms with Crippen molar-refractivity contribution in [1.82, 2.24) is 24.8 Å². The fourth-order valence-electron chi connectivity index (χ4n) is 8.20. The van der Waals surface area contributed by atoms with Gasteiger partial charge in [-0.15, -0.1) is 6.42 Å². The van der Waals surface area contributed by atoms with Gasteiger partial charge in [0.15, 0.2) is 12.6 Å². The maximum absolute atomic E-state index is 17.6. The third-order valence-corrected chi connectivity index (χ3v) is 11.3. The number of ether oxygens (including phenoxy) is 6. The van der Waals surface area contributed by atoms with Crippen LogP contribution >= 0.6 is 0 Å². The van der Waals surface area contributed by atoms with Crippen molar-refractivity contribution in [3.8, 4) is 41.2 Å². The molecule has 1 saturated carbocycles. The van der Waals surface area contributed by atoms with Crippen molar-refractivity contribution in [2.45, 2.75) is 71.1 Å². The minimum Gasteiger partial charge on any atom is -0.475 e. The second-order valence-corrected chi connectivity index (χ2v) is 16.7. The summed E-state index contributed by atoms with van der Waals surface area (Å²) in [6.07, 6.45) is 9.02.